The summed E-state index contributed by atoms with van der Waals surface area (Å²) in [5.41, 5.74) is 0. The van der Waals surface area contributed by atoms with Crippen molar-refractivity contribution in [3.05, 3.63) is 0 Å². The van der Waals surface area contributed by atoms with Gasteiger partial charge in [0.1, 0.15) is 0 Å². The number of ether oxygens (including phenoxy) is 4. The Morgan fingerprint density at radius 3 is 1.19 bits per heavy atom. The quantitative estimate of drug-likeness (QED) is 0.274. The topological polar surface area (TPSA) is 88.1 Å². The lowest BCUT2D eigenvalue weighted by Crippen LogP contribution is -2.39. The molecule has 13 heteroatoms. The minimum Gasteiger partial charge on any atom is -0.454 e. The first kappa shape index (κ1) is 30.1. The number of alkyl halides is 6. The maximum atomic E-state index is 12.8. The lowest BCUT2D eigenvalue weighted by Gasteiger charge is -2.25. The van der Waals surface area contributed by atoms with Gasteiger partial charge in [-0.25, -0.2) is 0 Å². The molecule has 0 heterocycles. The van der Waals surface area contributed by atoms with Gasteiger partial charge in [-0.05, 0) is 25.7 Å². The summed E-state index contributed by atoms with van der Waals surface area (Å²) in [4.78, 5) is 35.6. The molecule has 0 aliphatic heterocycles. The van der Waals surface area contributed by atoms with E-state index < -0.39 is 67.3 Å². The van der Waals surface area contributed by atoms with Crippen molar-refractivity contribution in [2.24, 2.45) is 0 Å². The largest absolute Gasteiger partial charge is 0.454 e. The molecule has 0 fully saturated rings. The second kappa shape index (κ2) is 13.6. The molecule has 188 valence electrons. The lowest BCUT2D eigenvalue weighted by molar-refractivity contribution is -0.168. The Morgan fingerprint density at radius 1 is 0.656 bits per heavy atom. The van der Waals surface area contributed by atoms with Crippen LogP contribution in [0.25, 0.3) is 0 Å². The molecule has 7 nitrogen and oxygen atoms in total. The zero-order chi connectivity index (χ0) is 25.1. The van der Waals surface area contributed by atoms with Crippen molar-refractivity contribution in [2.45, 2.75) is 89.1 Å². The smallest absolute Gasteiger partial charge is 0.391 e. The molecule has 0 saturated heterocycles. The first-order valence-electron chi connectivity index (χ1n) is 9.65. The van der Waals surface area contributed by atoms with Crippen LogP contribution in [0.5, 0.6) is 0 Å². The van der Waals surface area contributed by atoms with Crippen molar-refractivity contribution in [2.75, 3.05) is 14.2 Å². The van der Waals surface area contributed by atoms with Gasteiger partial charge in [0.15, 0.2) is 12.2 Å². The van der Waals surface area contributed by atoms with Crippen LogP contribution >= 0.6 is 0 Å². The van der Waals surface area contributed by atoms with Crippen molar-refractivity contribution in [3.8, 4) is 0 Å². The lowest BCUT2D eigenvalue weighted by atomic mass is 9.97. The van der Waals surface area contributed by atoms with Crippen LogP contribution in [-0.4, -0.2) is 68.7 Å². The van der Waals surface area contributed by atoms with Gasteiger partial charge < -0.3 is 18.9 Å². The summed E-state index contributed by atoms with van der Waals surface area (Å²) >= 11 is 0. The van der Waals surface area contributed by atoms with E-state index in [-0.39, 0.29) is 25.7 Å². The van der Waals surface area contributed by atoms with Crippen LogP contribution in [-0.2, 0) is 33.3 Å². The Balaban J connectivity index is 5.37. The number of halogens is 6. The highest BCUT2D eigenvalue weighted by molar-refractivity contribution is 5.90. The van der Waals surface area contributed by atoms with Gasteiger partial charge in [-0.2, -0.15) is 26.3 Å². The van der Waals surface area contributed by atoms with Gasteiger partial charge in [-0.3, -0.25) is 14.4 Å². The monoisotopic (exact) mass is 482 g/mol. The highest BCUT2D eigenvalue weighted by Crippen LogP contribution is 2.27. The van der Waals surface area contributed by atoms with Crippen molar-refractivity contribution >= 4 is 17.7 Å². The summed E-state index contributed by atoms with van der Waals surface area (Å²) in [5, 5.41) is 0. The summed E-state index contributed by atoms with van der Waals surface area (Å²) in [6.45, 7) is 1.93. The van der Waals surface area contributed by atoms with Gasteiger partial charge in [0, 0.05) is 28.1 Å². The summed E-state index contributed by atoms with van der Waals surface area (Å²) < 4.78 is 94.9. The third kappa shape index (κ3) is 14.2. The minimum atomic E-state index is -4.53. The van der Waals surface area contributed by atoms with Crippen LogP contribution in [0.4, 0.5) is 26.3 Å². The van der Waals surface area contributed by atoms with E-state index in [9.17, 15) is 40.7 Å². The van der Waals surface area contributed by atoms with Gasteiger partial charge in [0.2, 0.25) is 5.78 Å². The Bertz CT molecular complexity index is 556. The number of carbonyl (C=O) groups is 3. The summed E-state index contributed by atoms with van der Waals surface area (Å²) in [6, 6.07) is 0. The maximum Gasteiger partial charge on any atom is 0.391 e. The molecule has 0 saturated carbocycles. The molecule has 0 aromatic heterocycles. The van der Waals surface area contributed by atoms with E-state index in [1.807, 2.05) is 0 Å². The van der Waals surface area contributed by atoms with E-state index in [4.69, 9.17) is 18.9 Å². The van der Waals surface area contributed by atoms with Gasteiger partial charge >= 0.3 is 24.3 Å². The Labute approximate surface area is 181 Å². The van der Waals surface area contributed by atoms with E-state index in [1.165, 1.54) is 0 Å². The SMILES string of the molecule is COC(CC[C@@H](OC(C)=O)C(=O)[C@@H](CCC(CC(F)(F)F)OC)OC(C)=O)CC(F)(F)F. The first-order chi connectivity index (χ1) is 14.6. The van der Waals surface area contributed by atoms with Crippen molar-refractivity contribution < 1.29 is 59.7 Å². The van der Waals surface area contributed by atoms with Crippen LogP contribution in [0, 0.1) is 0 Å². The molecule has 0 bridgehead atoms. The van der Waals surface area contributed by atoms with Crippen molar-refractivity contribution in [1.29, 1.82) is 0 Å². The normalized spacial score (nSPS) is 16.1. The highest BCUT2D eigenvalue weighted by Gasteiger charge is 2.37. The fraction of sp³-hybridized carbons (Fsp3) is 0.842. The molecule has 0 spiro atoms. The first-order valence-corrected chi connectivity index (χ1v) is 9.65. The second-order valence-electron chi connectivity index (χ2n) is 7.11. The Morgan fingerprint density at radius 2 is 0.969 bits per heavy atom. The van der Waals surface area contributed by atoms with Crippen molar-refractivity contribution in [1.82, 2.24) is 0 Å². The van der Waals surface area contributed by atoms with E-state index in [2.05, 4.69) is 0 Å². The van der Waals surface area contributed by atoms with Crippen LogP contribution in [0.2, 0.25) is 0 Å². The van der Waals surface area contributed by atoms with Crippen LogP contribution < -0.4 is 0 Å². The van der Waals surface area contributed by atoms with Gasteiger partial charge in [0.25, 0.3) is 0 Å². The molecule has 0 N–H and O–H groups in total. The van der Waals surface area contributed by atoms with Crippen molar-refractivity contribution in [3.63, 3.8) is 0 Å². The summed E-state index contributed by atoms with van der Waals surface area (Å²) in [6.07, 6.45) is -18.8. The molecular formula is C19H28F6O7. The van der Waals surface area contributed by atoms with E-state index in [1.54, 1.807) is 0 Å². The summed E-state index contributed by atoms with van der Waals surface area (Å²) in [5.74, 6) is -2.79. The maximum absolute atomic E-state index is 12.8. The highest BCUT2D eigenvalue weighted by atomic mass is 19.4. The second-order valence-corrected chi connectivity index (χ2v) is 7.11. The van der Waals surface area contributed by atoms with E-state index in [0.29, 0.717) is 0 Å². The fourth-order valence-electron chi connectivity index (χ4n) is 2.92. The molecule has 0 aliphatic carbocycles. The van der Waals surface area contributed by atoms with Crippen LogP contribution in [0.15, 0.2) is 0 Å². The van der Waals surface area contributed by atoms with E-state index >= 15 is 0 Å². The zero-order valence-electron chi connectivity index (χ0n) is 18.2. The molecule has 0 radical (unpaired) electrons. The van der Waals surface area contributed by atoms with Gasteiger partial charge in [-0.1, -0.05) is 0 Å². The number of hydrogen-bond donors (Lipinski definition) is 0. The molecule has 0 rings (SSSR count). The van der Waals surface area contributed by atoms with Crippen LogP contribution in [0.1, 0.15) is 52.4 Å². The summed E-state index contributed by atoms with van der Waals surface area (Å²) in [7, 11) is 2.10. The molecular weight excluding hydrogens is 454 g/mol. The molecule has 32 heavy (non-hydrogen) atoms. The average Bonchev–Trinajstić information content (AvgIpc) is 2.62. The van der Waals surface area contributed by atoms with Crippen LogP contribution in [0.3, 0.4) is 0 Å². The van der Waals surface area contributed by atoms with Gasteiger partial charge in [-0.15, -0.1) is 0 Å². The minimum absolute atomic E-state index is 0.318. The fourth-order valence-corrected chi connectivity index (χ4v) is 2.92. The Kier molecular flexibility index (Phi) is 12.8. The third-order valence-electron chi connectivity index (χ3n) is 4.34. The van der Waals surface area contributed by atoms with E-state index in [0.717, 1.165) is 28.1 Å². The zero-order valence-corrected chi connectivity index (χ0v) is 18.2. The molecule has 0 aliphatic rings. The van der Waals surface area contributed by atoms with Gasteiger partial charge in [0.05, 0.1) is 25.0 Å². The Hall–Kier alpha value is -1.89. The number of Topliss-reactive ketones (excluding diaryl/α,β-unsaturated/α-hetero) is 1. The molecule has 2 unspecified atom stereocenters. The number of methoxy groups -OCH3 is 2. The number of hydrogen-bond acceptors (Lipinski definition) is 7. The molecule has 4 atom stereocenters. The predicted octanol–water partition coefficient (Wildman–Crippen LogP) is 3.91. The third-order valence-corrected chi connectivity index (χ3v) is 4.34. The molecule has 0 amide bonds. The number of esters is 2. The number of carbonyl (C=O) groups excluding carboxylic acids is 3. The number of rotatable bonds is 14. The number of ketones is 1. The average molecular weight is 482 g/mol. The molecule has 0 aromatic carbocycles. The predicted molar refractivity (Wildman–Crippen MR) is 97.5 cm³/mol. The molecule has 0 aromatic rings. The standard InChI is InChI=1S/C19H28F6O7/c1-11(26)31-15(7-5-13(29-3)9-18(20,21)22)17(28)16(32-12(2)27)8-6-14(30-4)10-19(23,24)25/h13-16H,5-10H2,1-4H3/t13?,14?,15-,16-/m1/s1.